The highest BCUT2D eigenvalue weighted by molar-refractivity contribution is 9.10. The van der Waals surface area contributed by atoms with E-state index in [1.165, 1.54) is 17.8 Å². The van der Waals surface area contributed by atoms with Gasteiger partial charge in [0.25, 0.3) is 5.91 Å². The van der Waals surface area contributed by atoms with Crippen LogP contribution in [0.1, 0.15) is 41.6 Å². The highest BCUT2D eigenvalue weighted by Gasteiger charge is 2.20. The maximum Gasteiger partial charge on any atom is 0.251 e. The molecule has 0 aliphatic heterocycles. The minimum atomic E-state index is -0.409. The Balaban J connectivity index is 1.64. The lowest BCUT2D eigenvalue weighted by molar-refractivity contribution is -0.113. The van der Waals surface area contributed by atoms with E-state index in [1.54, 1.807) is 12.1 Å². The first-order valence-electron chi connectivity index (χ1n) is 10.1. The van der Waals surface area contributed by atoms with Gasteiger partial charge in [0, 0.05) is 22.3 Å². The summed E-state index contributed by atoms with van der Waals surface area (Å²) in [4.78, 5) is 25.0. The maximum atomic E-state index is 12.6. The number of halogens is 3. The van der Waals surface area contributed by atoms with Gasteiger partial charge in [0.05, 0.1) is 21.8 Å². The SMILES string of the molecule is CCn1c(SCC(=O)Nc2ccc(Br)cc2C)nnc1[C@@H](C)NC(=O)c1ccc(Cl)c(Cl)c1. The van der Waals surface area contributed by atoms with Crippen LogP contribution in [-0.2, 0) is 11.3 Å². The monoisotopic (exact) mass is 569 g/mol. The quantitative estimate of drug-likeness (QED) is 0.329. The van der Waals surface area contributed by atoms with Crippen LogP contribution < -0.4 is 10.6 Å². The second-order valence-electron chi connectivity index (χ2n) is 7.21. The molecule has 2 aromatic carbocycles. The zero-order valence-corrected chi connectivity index (χ0v) is 22.1. The van der Waals surface area contributed by atoms with Gasteiger partial charge in [-0.05, 0) is 62.7 Å². The number of anilines is 1. The van der Waals surface area contributed by atoms with E-state index < -0.39 is 6.04 Å². The average molecular weight is 571 g/mol. The van der Waals surface area contributed by atoms with Gasteiger partial charge in [-0.3, -0.25) is 9.59 Å². The number of carbonyl (C=O) groups is 2. The number of aromatic nitrogens is 3. The normalized spacial score (nSPS) is 11.8. The number of carbonyl (C=O) groups excluding carboxylic acids is 2. The Hall–Kier alpha value is -2.07. The lowest BCUT2D eigenvalue weighted by Crippen LogP contribution is -2.28. The van der Waals surface area contributed by atoms with Gasteiger partial charge in [-0.2, -0.15) is 0 Å². The summed E-state index contributed by atoms with van der Waals surface area (Å²) in [6.45, 7) is 6.30. The largest absolute Gasteiger partial charge is 0.342 e. The van der Waals surface area contributed by atoms with Crippen molar-refractivity contribution in [2.24, 2.45) is 0 Å². The Morgan fingerprint density at radius 3 is 2.58 bits per heavy atom. The smallest absolute Gasteiger partial charge is 0.251 e. The summed E-state index contributed by atoms with van der Waals surface area (Å²) in [5.74, 6) is 0.332. The summed E-state index contributed by atoms with van der Waals surface area (Å²) in [5.41, 5.74) is 2.13. The van der Waals surface area contributed by atoms with Gasteiger partial charge in [-0.25, -0.2) is 0 Å². The van der Waals surface area contributed by atoms with E-state index in [9.17, 15) is 9.59 Å². The molecule has 11 heteroatoms. The molecule has 0 saturated carbocycles. The summed E-state index contributed by atoms with van der Waals surface area (Å²) < 4.78 is 2.83. The molecule has 2 amide bonds. The molecule has 0 aliphatic carbocycles. The summed E-state index contributed by atoms with van der Waals surface area (Å²) in [6, 6.07) is 9.96. The van der Waals surface area contributed by atoms with E-state index in [1.807, 2.05) is 43.5 Å². The van der Waals surface area contributed by atoms with Crippen LogP contribution in [0.4, 0.5) is 5.69 Å². The summed E-state index contributed by atoms with van der Waals surface area (Å²) in [6.07, 6.45) is 0. The zero-order valence-electron chi connectivity index (χ0n) is 18.2. The van der Waals surface area contributed by atoms with E-state index >= 15 is 0 Å². The molecule has 1 aromatic heterocycles. The Kier molecular flexibility index (Phi) is 8.81. The van der Waals surface area contributed by atoms with Gasteiger partial charge in [0.15, 0.2) is 11.0 Å². The highest BCUT2D eigenvalue weighted by Crippen LogP contribution is 2.25. The number of rotatable bonds is 8. The van der Waals surface area contributed by atoms with Crippen LogP contribution in [0.2, 0.25) is 10.0 Å². The average Bonchev–Trinajstić information content (AvgIpc) is 3.19. The van der Waals surface area contributed by atoms with Gasteiger partial charge in [-0.1, -0.05) is 50.9 Å². The van der Waals surface area contributed by atoms with Crippen LogP contribution in [0.3, 0.4) is 0 Å². The van der Waals surface area contributed by atoms with Crippen LogP contribution in [-0.4, -0.2) is 32.3 Å². The van der Waals surface area contributed by atoms with Crippen LogP contribution in [0.25, 0.3) is 0 Å². The number of thioether (sulfide) groups is 1. The fourth-order valence-electron chi connectivity index (χ4n) is 3.09. The molecule has 174 valence electrons. The second-order valence-corrected chi connectivity index (χ2v) is 9.88. The van der Waals surface area contributed by atoms with Crippen molar-refractivity contribution < 1.29 is 9.59 Å². The van der Waals surface area contributed by atoms with Crippen LogP contribution in [0.15, 0.2) is 46.0 Å². The third kappa shape index (κ3) is 6.50. The molecule has 0 bridgehead atoms. The number of amides is 2. The lowest BCUT2D eigenvalue weighted by atomic mass is 10.2. The van der Waals surface area contributed by atoms with Crippen molar-refractivity contribution in [1.29, 1.82) is 0 Å². The van der Waals surface area contributed by atoms with Gasteiger partial charge in [0.1, 0.15) is 0 Å². The Bertz CT molecular complexity index is 1190. The number of hydrogen-bond acceptors (Lipinski definition) is 5. The van der Waals surface area contributed by atoms with Gasteiger partial charge in [-0.15, -0.1) is 10.2 Å². The molecule has 0 spiro atoms. The summed E-state index contributed by atoms with van der Waals surface area (Å²) >= 11 is 16.6. The predicted octanol–water partition coefficient (Wildman–Crippen LogP) is 5.90. The Labute approximate surface area is 214 Å². The molecule has 3 aromatic rings. The molecule has 0 radical (unpaired) electrons. The maximum absolute atomic E-state index is 12.6. The van der Waals surface area contributed by atoms with Crippen molar-refractivity contribution >= 4 is 68.4 Å². The molecule has 2 N–H and O–H groups in total. The van der Waals surface area contributed by atoms with Crippen molar-refractivity contribution in [1.82, 2.24) is 20.1 Å². The van der Waals surface area contributed by atoms with Crippen LogP contribution in [0, 0.1) is 6.92 Å². The van der Waals surface area contributed by atoms with E-state index in [4.69, 9.17) is 23.2 Å². The van der Waals surface area contributed by atoms with E-state index in [0.717, 1.165) is 15.7 Å². The Morgan fingerprint density at radius 2 is 1.91 bits per heavy atom. The van der Waals surface area contributed by atoms with Crippen molar-refractivity contribution in [2.75, 3.05) is 11.1 Å². The number of hydrogen-bond donors (Lipinski definition) is 2. The molecule has 0 fully saturated rings. The Morgan fingerprint density at radius 1 is 1.15 bits per heavy atom. The van der Waals surface area contributed by atoms with Gasteiger partial charge < -0.3 is 15.2 Å². The van der Waals surface area contributed by atoms with E-state index in [-0.39, 0.29) is 17.6 Å². The number of nitrogens with one attached hydrogen (secondary N) is 2. The van der Waals surface area contributed by atoms with Crippen molar-refractivity contribution in [3.63, 3.8) is 0 Å². The van der Waals surface area contributed by atoms with Crippen molar-refractivity contribution in [3.8, 4) is 0 Å². The van der Waals surface area contributed by atoms with Crippen molar-refractivity contribution in [2.45, 2.75) is 38.5 Å². The molecular formula is C22H22BrCl2N5O2S. The number of aryl methyl sites for hydroxylation is 1. The first-order chi connectivity index (χ1) is 15.7. The standard InChI is InChI=1S/C22H22BrCl2N5O2S/c1-4-30-20(13(3)26-21(32)14-5-7-16(24)17(25)10-14)28-29-22(30)33-11-19(31)27-18-8-6-15(23)9-12(18)2/h5-10,13H,4,11H2,1-3H3,(H,26,32)(H,27,31)/t13-/m1/s1. The minimum absolute atomic E-state index is 0.140. The molecule has 33 heavy (non-hydrogen) atoms. The van der Waals surface area contributed by atoms with Crippen LogP contribution in [0.5, 0.6) is 0 Å². The second kappa shape index (κ2) is 11.4. The molecule has 1 atom stereocenters. The van der Waals surface area contributed by atoms with Crippen LogP contribution >= 0.6 is 50.9 Å². The molecule has 0 aliphatic rings. The molecule has 0 saturated heterocycles. The first-order valence-corrected chi connectivity index (χ1v) is 12.6. The minimum Gasteiger partial charge on any atom is -0.342 e. The topological polar surface area (TPSA) is 88.9 Å². The fraction of sp³-hybridized carbons (Fsp3) is 0.273. The first kappa shape index (κ1) is 25.6. The molecule has 1 heterocycles. The van der Waals surface area contributed by atoms with Crippen molar-refractivity contribution in [3.05, 3.63) is 67.9 Å². The molecule has 7 nitrogen and oxygen atoms in total. The molecule has 0 unspecified atom stereocenters. The number of nitrogens with zero attached hydrogens (tertiary/aromatic N) is 3. The van der Waals surface area contributed by atoms with E-state index in [2.05, 4.69) is 36.8 Å². The molecule has 3 rings (SSSR count). The lowest BCUT2D eigenvalue weighted by Gasteiger charge is -2.15. The number of benzene rings is 2. The van der Waals surface area contributed by atoms with E-state index in [0.29, 0.717) is 33.1 Å². The third-order valence-corrected chi connectivity index (χ3v) is 6.97. The van der Waals surface area contributed by atoms with Gasteiger partial charge in [0.2, 0.25) is 5.91 Å². The summed E-state index contributed by atoms with van der Waals surface area (Å²) in [5, 5.41) is 15.6. The highest BCUT2D eigenvalue weighted by atomic mass is 79.9. The summed E-state index contributed by atoms with van der Waals surface area (Å²) in [7, 11) is 0. The zero-order chi connectivity index (χ0) is 24.1. The third-order valence-electron chi connectivity index (χ3n) is 4.77. The van der Waals surface area contributed by atoms with Gasteiger partial charge >= 0.3 is 0 Å². The molecular weight excluding hydrogens is 549 g/mol. The fourth-order valence-corrected chi connectivity index (χ4v) is 4.67. The predicted molar refractivity (Wildman–Crippen MR) is 136 cm³/mol.